The van der Waals surface area contributed by atoms with E-state index < -0.39 is 0 Å². The van der Waals surface area contributed by atoms with E-state index >= 15 is 0 Å². The minimum absolute atomic E-state index is 0.140. The molecular formula is C23H21ClN4O3S. The summed E-state index contributed by atoms with van der Waals surface area (Å²) >= 11 is 7.29. The molecule has 1 aromatic heterocycles. The van der Waals surface area contributed by atoms with Crippen molar-refractivity contribution in [2.24, 2.45) is 0 Å². The van der Waals surface area contributed by atoms with Gasteiger partial charge in [0.15, 0.2) is 5.13 Å². The van der Waals surface area contributed by atoms with Gasteiger partial charge in [-0.15, -0.1) is 11.3 Å². The van der Waals surface area contributed by atoms with Crippen LogP contribution in [-0.2, 0) is 16.0 Å². The minimum Gasteiger partial charge on any atom is -0.326 e. The molecule has 1 aliphatic carbocycles. The number of amides is 3. The average molecular weight is 469 g/mol. The van der Waals surface area contributed by atoms with E-state index in [9.17, 15) is 14.4 Å². The lowest BCUT2D eigenvalue weighted by Gasteiger charge is -2.20. The maximum absolute atomic E-state index is 13.0. The molecular weight excluding hydrogens is 448 g/mol. The van der Waals surface area contributed by atoms with Gasteiger partial charge in [0.25, 0.3) is 5.91 Å². The highest BCUT2D eigenvalue weighted by Crippen LogP contribution is 2.37. The van der Waals surface area contributed by atoms with Gasteiger partial charge in [-0.1, -0.05) is 11.6 Å². The Hall–Kier alpha value is -3.23. The number of rotatable bonds is 5. The summed E-state index contributed by atoms with van der Waals surface area (Å²) in [5.74, 6) is -0.947. The fourth-order valence-corrected chi connectivity index (χ4v) is 4.75. The summed E-state index contributed by atoms with van der Waals surface area (Å²) < 4.78 is 0. The summed E-state index contributed by atoms with van der Waals surface area (Å²) in [6.07, 6.45) is 2.40. The third kappa shape index (κ3) is 5.15. The van der Waals surface area contributed by atoms with Gasteiger partial charge >= 0.3 is 0 Å². The van der Waals surface area contributed by atoms with Crippen LogP contribution in [0.3, 0.4) is 0 Å². The van der Waals surface area contributed by atoms with E-state index in [0.717, 1.165) is 23.4 Å². The summed E-state index contributed by atoms with van der Waals surface area (Å²) in [7, 11) is 0. The number of thiazole rings is 1. The zero-order valence-corrected chi connectivity index (χ0v) is 18.8. The predicted octanol–water partition coefficient (Wildman–Crippen LogP) is 5.07. The second-order valence-corrected chi connectivity index (χ2v) is 9.00. The highest BCUT2D eigenvalue weighted by Gasteiger charge is 2.30. The molecule has 3 amide bonds. The SMILES string of the molecule is CC(=O)Nc1ccc(NC(=O)C2CCCc3sc(NC(=O)c4ccc(Cl)cc4)nc32)cc1. The molecule has 7 nitrogen and oxygen atoms in total. The van der Waals surface area contributed by atoms with Gasteiger partial charge in [-0.25, -0.2) is 4.98 Å². The molecule has 9 heteroatoms. The number of carbonyl (C=O) groups is 3. The molecule has 0 saturated heterocycles. The van der Waals surface area contributed by atoms with Crippen molar-refractivity contribution in [3.63, 3.8) is 0 Å². The molecule has 4 rings (SSSR count). The van der Waals surface area contributed by atoms with Gasteiger partial charge in [-0.05, 0) is 67.8 Å². The first kappa shape index (κ1) is 22.0. The number of carbonyl (C=O) groups excluding carboxylic acids is 3. The van der Waals surface area contributed by atoms with Gasteiger partial charge in [0.1, 0.15) is 0 Å². The van der Waals surface area contributed by atoms with Gasteiger partial charge in [0.05, 0.1) is 11.6 Å². The number of nitrogens with zero attached hydrogens (tertiary/aromatic N) is 1. The monoisotopic (exact) mass is 468 g/mol. The maximum atomic E-state index is 13.0. The van der Waals surface area contributed by atoms with E-state index in [2.05, 4.69) is 20.9 Å². The first-order valence-electron chi connectivity index (χ1n) is 10.1. The van der Waals surface area contributed by atoms with Crippen molar-refractivity contribution in [3.8, 4) is 0 Å². The Kier molecular flexibility index (Phi) is 6.53. The summed E-state index contributed by atoms with van der Waals surface area (Å²) in [4.78, 5) is 42.2. The van der Waals surface area contributed by atoms with Crippen LogP contribution < -0.4 is 16.0 Å². The Labute approximate surface area is 194 Å². The van der Waals surface area contributed by atoms with E-state index in [-0.39, 0.29) is 23.6 Å². The molecule has 0 spiro atoms. The number of aryl methyl sites for hydroxylation is 1. The van der Waals surface area contributed by atoms with Crippen LogP contribution in [0, 0.1) is 0 Å². The molecule has 0 bridgehead atoms. The third-order valence-corrected chi connectivity index (χ3v) is 6.37. The Morgan fingerprint density at radius 2 is 1.62 bits per heavy atom. The van der Waals surface area contributed by atoms with Crippen LogP contribution in [0.5, 0.6) is 0 Å². The van der Waals surface area contributed by atoms with Crippen LogP contribution in [0.1, 0.15) is 46.6 Å². The zero-order valence-electron chi connectivity index (χ0n) is 17.3. The number of benzene rings is 2. The number of halogens is 1. The topological polar surface area (TPSA) is 100 Å². The number of aromatic nitrogens is 1. The lowest BCUT2D eigenvalue weighted by Crippen LogP contribution is -2.24. The van der Waals surface area contributed by atoms with Gasteiger partial charge in [0, 0.05) is 33.8 Å². The molecule has 1 unspecified atom stereocenters. The van der Waals surface area contributed by atoms with Crippen LogP contribution >= 0.6 is 22.9 Å². The first-order chi connectivity index (χ1) is 15.4. The van der Waals surface area contributed by atoms with Crippen LogP contribution in [-0.4, -0.2) is 22.7 Å². The molecule has 0 aliphatic heterocycles. The molecule has 0 fully saturated rings. The Bertz CT molecular complexity index is 1160. The van der Waals surface area contributed by atoms with E-state index in [0.29, 0.717) is 33.5 Å². The minimum atomic E-state index is -0.383. The van der Waals surface area contributed by atoms with Gasteiger partial charge in [-0.3, -0.25) is 19.7 Å². The standard InChI is InChI=1S/C23H21ClN4O3S/c1-13(29)25-16-9-11-17(12-10-16)26-22(31)18-3-2-4-19-20(18)27-23(32-19)28-21(30)14-5-7-15(24)8-6-14/h5-12,18H,2-4H2,1H3,(H,25,29)(H,26,31)(H,27,28,30). The molecule has 1 aliphatic rings. The van der Waals surface area contributed by atoms with Crippen molar-refractivity contribution < 1.29 is 14.4 Å². The molecule has 1 atom stereocenters. The van der Waals surface area contributed by atoms with Gasteiger partial charge in [-0.2, -0.15) is 0 Å². The first-order valence-corrected chi connectivity index (χ1v) is 11.3. The Morgan fingerprint density at radius 3 is 2.28 bits per heavy atom. The maximum Gasteiger partial charge on any atom is 0.257 e. The smallest absolute Gasteiger partial charge is 0.257 e. The van der Waals surface area contributed by atoms with Crippen molar-refractivity contribution in [1.82, 2.24) is 4.98 Å². The van der Waals surface area contributed by atoms with E-state index in [1.54, 1.807) is 48.5 Å². The molecule has 1 heterocycles. The van der Waals surface area contributed by atoms with Crippen LogP contribution in [0.4, 0.5) is 16.5 Å². The number of fused-ring (bicyclic) bond motifs is 1. The lowest BCUT2D eigenvalue weighted by atomic mass is 9.90. The number of hydrogen-bond acceptors (Lipinski definition) is 5. The van der Waals surface area contributed by atoms with Crippen molar-refractivity contribution in [2.75, 3.05) is 16.0 Å². The quantitative estimate of drug-likeness (QED) is 0.487. The van der Waals surface area contributed by atoms with Crippen molar-refractivity contribution >= 4 is 57.2 Å². The molecule has 3 N–H and O–H groups in total. The Morgan fingerprint density at radius 1 is 0.969 bits per heavy atom. The molecule has 164 valence electrons. The van der Waals surface area contributed by atoms with Crippen molar-refractivity contribution in [1.29, 1.82) is 0 Å². The van der Waals surface area contributed by atoms with E-state index in [1.807, 2.05) is 0 Å². The van der Waals surface area contributed by atoms with E-state index in [1.165, 1.54) is 18.3 Å². The molecule has 0 saturated carbocycles. The second-order valence-electron chi connectivity index (χ2n) is 7.48. The normalized spacial score (nSPS) is 14.9. The van der Waals surface area contributed by atoms with Crippen molar-refractivity contribution in [3.05, 3.63) is 69.7 Å². The summed E-state index contributed by atoms with van der Waals surface area (Å²) in [5, 5.41) is 9.49. The molecule has 32 heavy (non-hydrogen) atoms. The van der Waals surface area contributed by atoms with Crippen LogP contribution in [0.2, 0.25) is 5.02 Å². The number of nitrogens with one attached hydrogen (secondary N) is 3. The zero-order chi connectivity index (χ0) is 22.7. The van der Waals surface area contributed by atoms with E-state index in [4.69, 9.17) is 11.6 Å². The Balaban J connectivity index is 1.45. The van der Waals surface area contributed by atoms with Crippen LogP contribution in [0.15, 0.2) is 48.5 Å². The predicted molar refractivity (Wildman–Crippen MR) is 127 cm³/mol. The fourth-order valence-electron chi connectivity index (χ4n) is 3.57. The summed E-state index contributed by atoms with van der Waals surface area (Å²) in [5.41, 5.74) is 2.51. The number of hydrogen-bond donors (Lipinski definition) is 3. The second kappa shape index (κ2) is 9.50. The highest BCUT2D eigenvalue weighted by atomic mass is 35.5. The lowest BCUT2D eigenvalue weighted by molar-refractivity contribution is -0.118. The van der Waals surface area contributed by atoms with Crippen LogP contribution in [0.25, 0.3) is 0 Å². The highest BCUT2D eigenvalue weighted by molar-refractivity contribution is 7.16. The molecule has 2 aromatic carbocycles. The third-order valence-electron chi connectivity index (χ3n) is 5.07. The van der Waals surface area contributed by atoms with Gasteiger partial charge in [0.2, 0.25) is 11.8 Å². The fraction of sp³-hybridized carbons (Fsp3) is 0.217. The van der Waals surface area contributed by atoms with Crippen molar-refractivity contribution in [2.45, 2.75) is 32.1 Å². The summed E-state index contributed by atoms with van der Waals surface area (Å²) in [6, 6.07) is 13.6. The summed E-state index contributed by atoms with van der Waals surface area (Å²) in [6.45, 7) is 1.44. The average Bonchev–Trinajstić information content (AvgIpc) is 3.17. The largest absolute Gasteiger partial charge is 0.326 e. The molecule has 3 aromatic rings. The number of anilines is 3. The van der Waals surface area contributed by atoms with Gasteiger partial charge < -0.3 is 10.6 Å². The molecule has 0 radical (unpaired) electrons.